The number of benzene rings is 4. The van der Waals surface area contributed by atoms with Crippen molar-refractivity contribution in [1.29, 1.82) is 0 Å². The molecule has 0 spiro atoms. The smallest absolute Gasteiger partial charge is 0.308 e. The fraction of sp³-hybridized carbons (Fsp3) is 0.107. The maximum atomic E-state index is 11.8. The molecular weight excluding hydrogens is 431 g/mol. The zero-order chi connectivity index (χ0) is 23.2. The predicted octanol–water partition coefficient (Wildman–Crippen LogP) is 5.05. The first-order valence-electron chi connectivity index (χ1n) is 10.6. The van der Waals surface area contributed by atoms with Gasteiger partial charge in [0.2, 0.25) is 0 Å². The first kappa shape index (κ1) is 22.6. The van der Waals surface area contributed by atoms with Gasteiger partial charge in [0, 0.05) is 23.1 Å². The maximum Gasteiger partial charge on any atom is 0.308 e. The molecule has 4 nitrogen and oxygen atoms in total. The van der Waals surface area contributed by atoms with Gasteiger partial charge in [0.1, 0.15) is 17.2 Å². The van der Waals surface area contributed by atoms with E-state index < -0.39 is 7.92 Å². The van der Waals surface area contributed by atoms with E-state index in [1.165, 1.54) is 6.92 Å². The van der Waals surface area contributed by atoms with Gasteiger partial charge < -0.3 is 14.2 Å². The van der Waals surface area contributed by atoms with Crippen molar-refractivity contribution in [3.8, 4) is 28.4 Å². The third-order valence-electron chi connectivity index (χ3n) is 5.23. The van der Waals surface area contributed by atoms with E-state index >= 15 is 0 Å². The summed E-state index contributed by atoms with van der Waals surface area (Å²) in [5.74, 6) is 1.82. The van der Waals surface area contributed by atoms with Crippen molar-refractivity contribution in [2.24, 2.45) is 0 Å². The topological polar surface area (TPSA) is 44.8 Å². The van der Waals surface area contributed by atoms with E-state index in [0.29, 0.717) is 5.75 Å². The van der Waals surface area contributed by atoms with Crippen molar-refractivity contribution in [3.63, 3.8) is 0 Å². The quantitative estimate of drug-likeness (QED) is 0.222. The highest BCUT2D eigenvalue weighted by Crippen LogP contribution is 2.43. The normalized spacial score (nSPS) is 10.7. The van der Waals surface area contributed by atoms with Crippen LogP contribution in [0.15, 0.2) is 97.1 Å². The number of carbonyl (C=O) groups excluding carboxylic acids is 1. The molecule has 4 rings (SSSR count). The molecular formula is C28H25O4P. The van der Waals surface area contributed by atoms with Crippen LogP contribution in [0.25, 0.3) is 11.1 Å². The highest BCUT2D eigenvalue weighted by molar-refractivity contribution is 7.80. The van der Waals surface area contributed by atoms with Crippen molar-refractivity contribution in [2.75, 3.05) is 14.2 Å². The standard InChI is InChI=1S/C28H25O4P/c1-20(29)32-23-14-6-4-12-21(23)22-13-5-9-17-26(22)33(27-18-10-7-15-24(27)30-2)28-19-11-8-16-25(28)31-3/h4-19H,1-3H3. The van der Waals surface area contributed by atoms with Crippen LogP contribution in [0.4, 0.5) is 0 Å². The Morgan fingerprint density at radius 2 is 1.00 bits per heavy atom. The number of hydrogen-bond acceptors (Lipinski definition) is 4. The second kappa shape index (κ2) is 10.3. The molecule has 0 saturated carbocycles. The van der Waals surface area contributed by atoms with E-state index in [1.807, 2.05) is 72.8 Å². The lowest BCUT2D eigenvalue weighted by Gasteiger charge is -2.25. The molecule has 0 saturated heterocycles. The average molecular weight is 456 g/mol. The summed E-state index contributed by atoms with van der Waals surface area (Å²) in [4.78, 5) is 11.8. The van der Waals surface area contributed by atoms with Crippen molar-refractivity contribution < 1.29 is 19.0 Å². The van der Waals surface area contributed by atoms with Crippen LogP contribution < -0.4 is 30.1 Å². The lowest BCUT2D eigenvalue weighted by Crippen LogP contribution is -2.24. The molecule has 0 aliphatic rings. The Balaban J connectivity index is 2.01. The van der Waals surface area contributed by atoms with E-state index in [-0.39, 0.29) is 5.97 Å². The second-order valence-corrected chi connectivity index (χ2v) is 9.40. The summed E-state index contributed by atoms with van der Waals surface area (Å²) in [6.45, 7) is 1.42. The molecule has 4 aromatic carbocycles. The monoisotopic (exact) mass is 456 g/mol. The largest absolute Gasteiger partial charge is 0.496 e. The van der Waals surface area contributed by atoms with Crippen LogP contribution in [0.5, 0.6) is 17.2 Å². The average Bonchev–Trinajstić information content (AvgIpc) is 2.85. The first-order valence-corrected chi connectivity index (χ1v) is 11.9. The Labute approximate surface area is 195 Å². The zero-order valence-electron chi connectivity index (χ0n) is 18.8. The third kappa shape index (κ3) is 4.76. The van der Waals surface area contributed by atoms with E-state index in [4.69, 9.17) is 14.2 Å². The highest BCUT2D eigenvalue weighted by atomic mass is 31.1. The Bertz CT molecular complexity index is 1220. The van der Waals surface area contributed by atoms with Crippen molar-refractivity contribution in [1.82, 2.24) is 0 Å². The van der Waals surface area contributed by atoms with Crippen LogP contribution in [0, 0.1) is 0 Å². The fourth-order valence-electron chi connectivity index (χ4n) is 3.85. The van der Waals surface area contributed by atoms with Gasteiger partial charge >= 0.3 is 5.97 Å². The highest BCUT2D eigenvalue weighted by Gasteiger charge is 2.26. The van der Waals surface area contributed by atoms with Crippen LogP contribution in [-0.4, -0.2) is 20.2 Å². The second-order valence-electron chi connectivity index (χ2n) is 7.29. The van der Waals surface area contributed by atoms with Crippen molar-refractivity contribution in [3.05, 3.63) is 97.1 Å². The van der Waals surface area contributed by atoms with Gasteiger partial charge in [-0.05, 0) is 37.0 Å². The molecule has 5 heteroatoms. The molecule has 4 aromatic rings. The Morgan fingerprint density at radius 3 is 1.52 bits per heavy atom. The summed E-state index contributed by atoms with van der Waals surface area (Å²) in [6.07, 6.45) is 0. The molecule has 0 heterocycles. The molecule has 0 aliphatic heterocycles. The molecule has 166 valence electrons. The molecule has 33 heavy (non-hydrogen) atoms. The number of para-hydroxylation sites is 3. The molecule has 0 unspecified atom stereocenters. The molecule has 0 aliphatic carbocycles. The molecule has 0 amide bonds. The summed E-state index contributed by atoms with van der Waals surface area (Å²) >= 11 is 0. The van der Waals surface area contributed by atoms with Crippen molar-refractivity contribution in [2.45, 2.75) is 6.92 Å². The van der Waals surface area contributed by atoms with E-state index in [0.717, 1.165) is 38.5 Å². The third-order valence-corrected chi connectivity index (χ3v) is 7.80. The van der Waals surface area contributed by atoms with Crippen LogP contribution in [0.2, 0.25) is 0 Å². The Kier molecular flexibility index (Phi) is 7.07. The number of methoxy groups -OCH3 is 2. The molecule has 0 N–H and O–H groups in total. The van der Waals surface area contributed by atoms with Gasteiger partial charge in [0.25, 0.3) is 0 Å². The molecule has 0 radical (unpaired) electrons. The maximum absolute atomic E-state index is 11.8. The molecule has 0 atom stereocenters. The first-order chi connectivity index (χ1) is 16.1. The SMILES string of the molecule is COc1ccccc1P(c1ccccc1OC)c1ccccc1-c1ccccc1OC(C)=O. The summed E-state index contributed by atoms with van der Waals surface area (Å²) in [7, 11) is 2.32. The number of carbonyl (C=O) groups is 1. The van der Waals surface area contributed by atoms with E-state index in [2.05, 4.69) is 24.3 Å². The minimum absolute atomic E-state index is 0.350. The molecule has 0 aromatic heterocycles. The lowest BCUT2D eigenvalue weighted by molar-refractivity contribution is -0.131. The summed E-state index contributed by atoms with van der Waals surface area (Å²) in [6, 6.07) is 32.0. The number of ether oxygens (including phenoxy) is 3. The summed E-state index contributed by atoms with van der Waals surface area (Å²) in [5, 5.41) is 3.27. The van der Waals surface area contributed by atoms with Gasteiger partial charge in [-0.1, -0.05) is 78.9 Å². The Hall–Kier alpha value is -3.62. The van der Waals surface area contributed by atoms with E-state index in [9.17, 15) is 4.79 Å². The van der Waals surface area contributed by atoms with Gasteiger partial charge in [-0.15, -0.1) is 0 Å². The van der Waals surface area contributed by atoms with Crippen LogP contribution >= 0.6 is 7.92 Å². The van der Waals surface area contributed by atoms with E-state index in [1.54, 1.807) is 14.2 Å². The minimum Gasteiger partial charge on any atom is -0.496 e. The number of esters is 1. The lowest BCUT2D eigenvalue weighted by atomic mass is 10.0. The zero-order valence-corrected chi connectivity index (χ0v) is 19.7. The molecule has 0 fully saturated rings. The van der Waals surface area contributed by atoms with Gasteiger partial charge in [-0.2, -0.15) is 0 Å². The Morgan fingerprint density at radius 1 is 0.576 bits per heavy atom. The molecule has 0 bridgehead atoms. The summed E-state index contributed by atoms with van der Waals surface area (Å²) < 4.78 is 17.1. The van der Waals surface area contributed by atoms with Crippen LogP contribution in [0.1, 0.15) is 6.92 Å². The van der Waals surface area contributed by atoms with Crippen LogP contribution in [-0.2, 0) is 4.79 Å². The predicted molar refractivity (Wildman–Crippen MR) is 135 cm³/mol. The number of hydrogen-bond donors (Lipinski definition) is 0. The van der Waals surface area contributed by atoms with Crippen LogP contribution in [0.3, 0.4) is 0 Å². The minimum atomic E-state index is -1.07. The summed E-state index contributed by atoms with van der Waals surface area (Å²) in [5.41, 5.74) is 1.86. The number of rotatable bonds is 7. The van der Waals surface area contributed by atoms with Crippen molar-refractivity contribution >= 4 is 29.8 Å². The van der Waals surface area contributed by atoms with Gasteiger partial charge in [-0.3, -0.25) is 4.79 Å². The van der Waals surface area contributed by atoms with Gasteiger partial charge in [0.05, 0.1) is 14.2 Å². The fourth-order valence-corrected chi connectivity index (χ4v) is 6.54. The van der Waals surface area contributed by atoms with Gasteiger partial charge in [-0.25, -0.2) is 0 Å². The van der Waals surface area contributed by atoms with Gasteiger partial charge in [0.15, 0.2) is 0 Å².